The van der Waals surface area contributed by atoms with Crippen molar-refractivity contribution >= 4 is 11.6 Å². The van der Waals surface area contributed by atoms with Crippen molar-refractivity contribution in [3.05, 3.63) is 23.5 Å². The summed E-state index contributed by atoms with van der Waals surface area (Å²) in [6.07, 6.45) is 3.11. The average Bonchev–Trinajstić information content (AvgIpc) is 2.41. The lowest BCUT2D eigenvalue weighted by atomic mass is 10.1. The number of pyridine rings is 1. The summed E-state index contributed by atoms with van der Waals surface area (Å²) in [7, 11) is 1.63. The van der Waals surface area contributed by atoms with E-state index in [0.717, 1.165) is 23.4 Å². The molecular weight excluding hydrogens is 206 g/mol. The number of nitrogens with one attached hydrogen (secondary N) is 1. The second-order valence-corrected chi connectivity index (χ2v) is 3.90. The minimum atomic E-state index is -0.432. The van der Waals surface area contributed by atoms with Crippen molar-refractivity contribution in [1.29, 1.82) is 0 Å². The third-order valence-electron chi connectivity index (χ3n) is 2.66. The Kier molecular flexibility index (Phi) is 3.17. The molecule has 1 aliphatic rings. The van der Waals surface area contributed by atoms with E-state index < -0.39 is 6.04 Å². The molecule has 0 saturated carbocycles. The first-order valence-electron chi connectivity index (χ1n) is 5.24. The van der Waals surface area contributed by atoms with Crippen LogP contribution >= 0.6 is 0 Å². The topological polar surface area (TPSA) is 77.2 Å². The molecule has 0 aliphatic carbocycles. The predicted octanol–water partition coefficient (Wildman–Crippen LogP) is 0.440. The van der Waals surface area contributed by atoms with Crippen LogP contribution in [0, 0.1) is 0 Å². The molecule has 0 aromatic carbocycles. The van der Waals surface area contributed by atoms with Gasteiger partial charge in [0.15, 0.2) is 0 Å². The second kappa shape index (κ2) is 4.59. The van der Waals surface area contributed by atoms with Gasteiger partial charge < -0.3 is 15.8 Å². The second-order valence-electron chi connectivity index (χ2n) is 3.90. The zero-order valence-electron chi connectivity index (χ0n) is 9.19. The number of methoxy groups -OCH3 is 1. The molecule has 0 bridgehead atoms. The highest BCUT2D eigenvalue weighted by molar-refractivity contribution is 5.95. The van der Waals surface area contributed by atoms with Gasteiger partial charge in [-0.3, -0.25) is 9.78 Å². The number of nitrogens with zero attached hydrogens (tertiary/aromatic N) is 1. The summed E-state index contributed by atoms with van der Waals surface area (Å²) in [6, 6.07) is 1.52. The normalized spacial score (nSPS) is 19.9. The Morgan fingerprint density at radius 3 is 3.25 bits per heavy atom. The third kappa shape index (κ3) is 2.20. The van der Waals surface area contributed by atoms with Crippen LogP contribution in [0.1, 0.15) is 17.7 Å². The van der Waals surface area contributed by atoms with E-state index in [0.29, 0.717) is 13.0 Å². The number of aromatic nitrogens is 1. The van der Waals surface area contributed by atoms with Crippen LogP contribution in [-0.4, -0.2) is 24.0 Å². The molecule has 5 nitrogen and oxygen atoms in total. The number of rotatable bonds is 2. The largest absolute Gasteiger partial charge is 0.378 e. The number of hydrogen-bond donors (Lipinski definition) is 2. The minimum Gasteiger partial charge on any atom is -0.378 e. The van der Waals surface area contributed by atoms with E-state index in [2.05, 4.69) is 10.3 Å². The number of carbonyl (C=O) groups is 1. The monoisotopic (exact) mass is 221 g/mol. The molecule has 1 atom stereocenters. The Labute approximate surface area is 94.0 Å². The first-order chi connectivity index (χ1) is 7.70. The summed E-state index contributed by atoms with van der Waals surface area (Å²) < 4.78 is 5.02. The van der Waals surface area contributed by atoms with E-state index in [1.54, 1.807) is 13.3 Å². The van der Waals surface area contributed by atoms with Gasteiger partial charge in [0.05, 0.1) is 30.2 Å². The molecule has 0 radical (unpaired) electrons. The van der Waals surface area contributed by atoms with Crippen molar-refractivity contribution in [3.63, 3.8) is 0 Å². The van der Waals surface area contributed by atoms with Crippen molar-refractivity contribution in [1.82, 2.24) is 4.98 Å². The predicted molar refractivity (Wildman–Crippen MR) is 59.9 cm³/mol. The van der Waals surface area contributed by atoms with Crippen LogP contribution in [0.25, 0.3) is 0 Å². The van der Waals surface area contributed by atoms with Gasteiger partial charge in [-0.1, -0.05) is 0 Å². The number of aryl methyl sites for hydroxylation is 1. The molecule has 0 spiro atoms. The van der Waals surface area contributed by atoms with Crippen LogP contribution in [0.5, 0.6) is 0 Å². The molecule has 1 aliphatic heterocycles. The number of fused-ring (bicyclic) bond motifs is 1. The Morgan fingerprint density at radius 1 is 1.69 bits per heavy atom. The van der Waals surface area contributed by atoms with Gasteiger partial charge in [-0.25, -0.2) is 0 Å². The number of ether oxygens (including phenoxy) is 1. The van der Waals surface area contributed by atoms with Crippen LogP contribution in [0.2, 0.25) is 0 Å². The Hall–Kier alpha value is -1.46. The fraction of sp³-hybridized carbons (Fsp3) is 0.455. The number of hydrogen-bond acceptors (Lipinski definition) is 4. The maximum atomic E-state index is 11.5. The summed E-state index contributed by atoms with van der Waals surface area (Å²) in [4.78, 5) is 15.7. The third-order valence-corrected chi connectivity index (χ3v) is 2.66. The highest BCUT2D eigenvalue weighted by Gasteiger charge is 2.20. The average molecular weight is 221 g/mol. The fourth-order valence-corrected chi connectivity index (χ4v) is 1.76. The molecule has 1 amide bonds. The summed E-state index contributed by atoms with van der Waals surface area (Å²) in [5.41, 5.74) is 8.40. The Balaban J connectivity index is 2.27. The summed E-state index contributed by atoms with van der Waals surface area (Å²) in [5.74, 6) is -0.139. The molecule has 1 aromatic rings. The van der Waals surface area contributed by atoms with E-state index in [1.807, 2.05) is 6.07 Å². The van der Waals surface area contributed by atoms with E-state index in [9.17, 15) is 4.79 Å². The number of carbonyl (C=O) groups excluding carboxylic acids is 1. The summed E-state index contributed by atoms with van der Waals surface area (Å²) >= 11 is 0. The molecule has 3 N–H and O–H groups in total. The molecule has 0 saturated heterocycles. The molecule has 86 valence electrons. The lowest BCUT2D eigenvalue weighted by Crippen LogP contribution is -2.34. The highest BCUT2D eigenvalue weighted by Crippen LogP contribution is 2.21. The molecular formula is C11H15N3O2. The number of nitrogens with two attached hydrogens (primary N) is 1. The fourth-order valence-electron chi connectivity index (χ4n) is 1.76. The molecule has 0 fully saturated rings. The molecule has 0 unspecified atom stereocenters. The summed E-state index contributed by atoms with van der Waals surface area (Å²) in [5, 5.41) is 2.77. The van der Waals surface area contributed by atoms with Crippen LogP contribution in [-0.2, 0) is 22.6 Å². The zero-order chi connectivity index (χ0) is 11.5. The molecule has 1 aromatic heterocycles. The van der Waals surface area contributed by atoms with Gasteiger partial charge in [0.1, 0.15) is 0 Å². The SMILES string of the molecule is COCc1cc2c(cn1)NC(=O)[C@@H](N)CC2. The van der Waals surface area contributed by atoms with Crippen molar-refractivity contribution in [3.8, 4) is 0 Å². The molecule has 2 heterocycles. The van der Waals surface area contributed by atoms with E-state index in [-0.39, 0.29) is 5.91 Å². The van der Waals surface area contributed by atoms with Crippen molar-refractivity contribution in [2.75, 3.05) is 12.4 Å². The van der Waals surface area contributed by atoms with Gasteiger partial charge in [-0.2, -0.15) is 0 Å². The van der Waals surface area contributed by atoms with Gasteiger partial charge in [0.25, 0.3) is 0 Å². The lowest BCUT2D eigenvalue weighted by molar-refractivity contribution is -0.117. The smallest absolute Gasteiger partial charge is 0.241 e. The van der Waals surface area contributed by atoms with Crippen LogP contribution in [0.15, 0.2) is 12.3 Å². The highest BCUT2D eigenvalue weighted by atomic mass is 16.5. The molecule has 5 heteroatoms. The Morgan fingerprint density at radius 2 is 2.50 bits per heavy atom. The van der Waals surface area contributed by atoms with Crippen LogP contribution in [0.4, 0.5) is 5.69 Å². The quantitative estimate of drug-likeness (QED) is 0.759. The van der Waals surface area contributed by atoms with Gasteiger partial charge >= 0.3 is 0 Å². The van der Waals surface area contributed by atoms with E-state index in [4.69, 9.17) is 10.5 Å². The van der Waals surface area contributed by atoms with Gasteiger partial charge in [-0.15, -0.1) is 0 Å². The summed E-state index contributed by atoms with van der Waals surface area (Å²) in [6.45, 7) is 0.479. The lowest BCUT2D eigenvalue weighted by Gasteiger charge is -2.08. The number of amides is 1. The minimum absolute atomic E-state index is 0.139. The van der Waals surface area contributed by atoms with Crippen molar-refractivity contribution < 1.29 is 9.53 Å². The first-order valence-corrected chi connectivity index (χ1v) is 5.24. The van der Waals surface area contributed by atoms with Crippen LogP contribution in [0.3, 0.4) is 0 Å². The Bertz CT molecular complexity index is 406. The molecule has 2 rings (SSSR count). The van der Waals surface area contributed by atoms with E-state index in [1.165, 1.54) is 0 Å². The maximum absolute atomic E-state index is 11.5. The maximum Gasteiger partial charge on any atom is 0.241 e. The van der Waals surface area contributed by atoms with E-state index >= 15 is 0 Å². The van der Waals surface area contributed by atoms with Crippen molar-refractivity contribution in [2.24, 2.45) is 5.73 Å². The van der Waals surface area contributed by atoms with Gasteiger partial charge in [-0.05, 0) is 24.5 Å². The standard InChI is InChI=1S/C11H15N3O2/c1-16-6-8-4-7-2-3-9(12)11(15)14-10(7)5-13-8/h4-5,9H,2-3,6,12H2,1H3,(H,14,15)/t9-/m0/s1. The van der Waals surface area contributed by atoms with Gasteiger partial charge in [0, 0.05) is 7.11 Å². The number of anilines is 1. The molecule has 16 heavy (non-hydrogen) atoms. The first kappa shape index (κ1) is 11.0. The van der Waals surface area contributed by atoms with Crippen molar-refractivity contribution in [2.45, 2.75) is 25.5 Å². The van der Waals surface area contributed by atoms with Gasteiger partial charge in [0.2, 0.25) is 5.91 Å². The van der Waals surface area contributed by atoms with Crippen LogP contribution < -0.4 is 11.1 Å². The zero-order valence-corrected chi connectivity index (χ0v) is 9.19.